The number of benzene rings is 2. The van der Waals surface area contributed by atoms with E-state index in [2.05, 4.69) is 0 Å². The van der Waals surface area contributed by atoms with Crippen LogP contribution in [0.15, 0.2) is 30.3 Å². The number of fused-ring (bicyclic) bond motifs is 1. The van der Waals surface area contributed by atoms with Crippen LogP contribution >= 0.6 is 0 Å². The first-order chi connectivity index (χ1) is 19.9. The average molecular weight is 597 g/mol. The van der Waals surface area contributed by atoms with Crippen molar-refractivity contribution >= 4 is 5.78 Å². The molecule has 2 fully saturated rings. The van der Waals surface area contributed by atoms with E-state index in [4.69, 9.17) is 23.7 Å². The Labute approximate surface area is 238 Å². The summed E-state index contributed by atoms with van der Waals surface area (Å²) >= 11 is 0. The molecule has 42 heavy (non-hydrogen) atoms. The van der Waals surface area contributed by atoms with E-state index in [9.17, 15) is 50.8 Å². The first kappa shape index (κ1) is 30.2. The molecule has 9 N–H and O–H groups in total. The molecule has 0 aliphatic carbocycles. The number of phenolic OH excluding ortho intramolecular Hbond substituents is 3. The largest absolute Gasteiger partial charge is 0.508 e. The van der Waals surface area contributed by atoms with Gasteiger partial charge in [-0.1, -0.05) is 0 Å². The fraction of sp³-hybridized carbons (Fsp3) is 0.519. The number of carbonyl (C=O) groups is 1. The molecule has 3 heterocycles. The molecule has 230 valence electrons. The molecule has 3 aliphatic heterocycles. The van der Waals surface area contributed by atoms with Crippen molar-refractivity contribution < 1.29 is 74.4 Å². The molecule has 2 aromatic carbocycles. The Bertz CT molecular complexity index is 1300. The van der Waals surface area contributed by atoms with E-state index >= 15 is 0 Å². The maximum absolute atomic E-state index is 12.9. The summed E-state index contributed by atoms with van der Waals surface area (Å²) in [5.41, 5.74) is 0.0338. The third-order valence-electron chi connectivity index (χ3n) is 7.49. The normalized spacial score (nSPS) is 36.6. The molecule has 0 radical (unpaired) electrons. The molecule has 0 amide bonds. The van der Waals surface area contributed by atoms with Gasteiger partial charge in [0.2, 0.25) is 6.29 Å². The highest BCUT2D eigenvalue weighted by atomic mass is 16.7. The maximum atomic E-state index is 12.9. The molecule has 0 spiro atoms. The Morgan fingerprint density at radius 1 is 0.857 bits per heavy atom. The minimum Gasteiger partial charge on any atom is -0.508 e. The molecule has 0 bridgehead atoms. The van der Waals surface area contributed by atoms with Crippen molar-refractivity contribution in [3.63, 3.8) is 0 Å². The molecule has 2 saturated heterocycles. The third-order valence-corrected chi connectivity index (χ3v) is 7.49. The van der Waals surface area contributed by atoms with Gasteiger partial charge in [-0.3, -0.25) is 4.79 Å². The minimum absolute atomic E-state index is 0.00217. The number of aliphatic hydroxyl groups excluding tert-OH is 6. The van der Waals surface area contributed by atoms with Crippen LogP contribution in [0, 0.1) is 0 Å². The van der Waals surface area contributed by atoms with Gasteiger partial charge in [0.15, 0.2) is 12.1 Å². The fourth-order valence-electron chi connectivity index (χ4n) is 5.21. The van der Waals surface area contributed by atoms with Gasteiger partial charge < -0.3 is 69.6 Å². The third kappa shape index (κ3) is 5.58. The topological polar surface area (TPSA) is 245 Å². The molecule has 11 atom stereocenters. The summed E-state index contributed by atoms with van der Waals surface area (Å²) in [6.45, 7) is 0.734. The van der Waals surface area contributed by atoms with E-state index in [0.717, 1.165) is 12.1 Å². The molecule has 0 unspecified atom stereocenters. The van der Waals surface area contributed by atoms with Gasteiger partial charge in [-0.2, -0.15) is 0 Å². The molecule has 2 aromatic rings. The Kier molecular flexibility index (Phi) is 8.48. The second-order valence-corrected chi connectivity index (χ2v) is 10.4. The Morgan fingerprint density at radius 3 is 2.31 bits per heavy atom. The maximum Gasteiger partial charge on any atom is 0.229 e. The van der Waals surface area contributed by atoms with E-state index in [1.54, 1.807) is 0 Å². The highest BCUT2D eigenvalue weighted by molar-refractivity contribution is 6.02. The summed E-state index contributed by atoms with van der Waals surface area (Å²) in [6.07, 6.45) is -16.8. The summed E-state index contributed by atoms with van der Waals surface area (Å²) in [4.78, 5) is 12.9. The van der Waals surface area contributed by atoms with Crippen LogP contribution in [-0.4, -0.2) is 120 Å². The van der Waals surface area contributed by atoms with Crippen molar-refractivity contribution in [3.8, 4) is 28.7 Å². The number of aliphatic hydroxyl groups is 6. The zero-order valence-corrected chi connectivity index (χ0v) is 22.1. The average Bonchev–Trinajstić information content (AvgIpc) is 2.94. The summed E-state index contributed by atoms with van der Waals surface area (Å²) in [7, 11) is 0. The van der Waals surface area contributed by atoms with Gasteiger partial charge in [-0.05, 0) is 25.1 Å². The lowest BCUT2D eigenvalue weighted by atomic mass is 9.94. The van der Waals surface area contributed by atoms with E-state index in [1.807, 2.05) is 0 Å². The lowest BCUT2D eigenvalue weighted by Gasteiger charge is -2.45. The van der Waals surface area contributed by atoms with Crippen LogP contribution in [0.2, 0.25) is 0 Å². The van der Waals surface area contributed by atoms with Crippen molar-refractivity contribution in [3.05, 3.63) is 41.5 Å². The van der Waals surface area contributed by atoms with Crippen molar-refractivity contribution in [1.82, 2.24) is 0 Å². The lowest BCUT2D eigenvalue weighted by molar-refractivity contribution is -0.350. The van der Waals surface area contributed by atoms with Crippen LogP contribution in [0.4, 0.5) is 0 Å². The Morgan fingerprint density at radius 2 is 1.60 bits per heavy atom. The molecule has 15 nitrogen and oxygen atoms in total. The standard InChI is InChI=1S/C27H32O15/c1-9-20(33)25(42-26-23(36)22(35)21(34)18(8-28)41-26)24(37)27(38-9)40-15-3-2-10(29)4-12(15)16-7-14(32)19-13(31)5-11(30)6-17(19)39-16/h2-6,9,16,18,20-31,33-37H,7-8H2,1H3/t9-,16-,18+,20-,21+,22-,23+,24+,25+,26-,27-/m0/s1. The van der Waals surface area contributed by atoms with Crippen LogP contribution in [-0.2, 0) is 14.2 Å². The van der Waals surface area contributed by atoms with Crippen molar-refractivity contribution in [2.24, 2.45) is 0 Å². The quantitative estimate of drug-likeness (QED) is 0.185. The smallest absolute Gasteiger partial charge is 0.229 e. The van der Waals surface area contributed by atoms with E-state index < -0.39 is 85.7 Å². The first-order valence-electron chi connectivity index (χ1n) is 13.1. The molecule has 0 aromatic heterocycles. The fourth-order valence-corrected chi connectivity index (χ4v) is 5.21. The zero-order chi connectivity index (χ0) is 30.5. The predicted octanol–water partition coefficient (Wildman–Crippen LogP) is -1.46. The van der Waals surface area contributed by atoms with Gasteiger partial charge in [0.1, 0.15) is 83.1 Å². The van der Waals surface area contributed by atoms with Gasteiger partial charge >= 0.3 is 0 Å². The number of ketones is 1. The number of aromatic hydroxyl groups is 3. The van der Waals surface area contributed by atoms with Crippen LogP contribution in [0.3, 0.4) is 0 Å². The van der Waals surface area contributed by atoms with Gasteiger partial charge in [0.25, 0.3) is 0 Å². The van der Waals surface area contributed by atoms with Gasteiger partial charge in [-0.15, -0.1) is 0 Å². The molecule has 5 rings (SSSR count). The van der Waals surface area contributed by atoms with Gasteiger partial charge in [-0.25, -0.2) is 0 Å². The zero-order valence-electron chi connectivity index (χ0n) is 22.1. The van der Waals surface area contributed by atoms with E-state index in [1.165, 1.54) is 25.1 Å². The number of Topliss-reactive ketones (excluding diaryl/α,β-unsaturated/α-hetero) is 1. The monoisotopic (exact) mass is 596 g/mol. The van der Waals surface area contributed by atoms with Crippen LogP contribution in [0.5, 0.6) is 28.7 Å². The van der Waals surface area contributed by atoms with Gasteiger partial charge in [0.05, 0.1) is 19.1 Å². The van der Waals surface area contributed by atoms with Crippen LogP contribution in [0.1, 0.15) is 35.4 Å². The van der Waals surface area contributed by atoms with Crippen molar-refractivity contribution in [2.75, 3.05) is 6.61 Å². The molecule has 15 heteroatoms. The minimum atomic E-state index is -1.80. The van der Waals surface area contributed by atoms with Gasteiger partial charge in [0, 0.05) is 17.7 Å². The first-order valence-corrected chi connectivity index (χ1v) is 13.1. The van der Waals surface area contributed by atoms with E-state index in [-0.39, 0.29) is 40.5 Å². The molecule has 3 aliphatic rings. The molecular weight excluding hydrogens is 564 g/mol. The molecule has 0 saturated carbocycles. The van der Waals surface area contributed by atoms with E-state index in [0.29, 0.717) is 0 Å². The number of hydrogen-bond acceptors (Lipinski definition) is 15. The van der Waals surface area contributed by atoms with Crippen LogP contribution in [0.25, 0.3) is 0 Å². The summed E-state index contributed by atoms with van der Waals surface area (Å²) in [5, 5.41) is 91.9. The number of phenols is 3. The highest BCUT2D eigenvalue weighted by Gasteiger charge is 2.50. The second-order valence-electron chi connectivity index (χ2n) is 10.4. The number of rotatable bonds is 6. The summed E-state index contributed by atoms with van der Waals surface area (Å²) in [6, 6.07) is 6.01. The molecular formula is C27H32O15. The predicted molar refractivity (Wildman–Crippen MR) is 136 cm³/mol. The van der Waals surface area contributed by atoms with Crippen molar-refractivity contribution in [1.29, 1.82) is 0 Å². The second kappa shape index (κ2) is 11.8. The number of ether oxygens (including phenoxy) is 5. The number of hydrogen-bond donors (Lipinski definition) is 9. The van der Waals surface area contributed by atoms with Crippen molar-refractivity contribution in [2.45, 2.75) is 80.9 Å². The Hall–Kier alpha value is -3.25. The lowest BCUT2D eigenvalue weighted by Crippen LogP contribution is -2.64. The number of carbonyl (C=O) groups excluding carboxylic acids is 1. The SMILES string of the molecule is C[C@@H]1O[C@@H](Oc2ccc(O)cc2[C@@H]2CC(=O)c3c(O)cc(O)cc3O2)[C@H](O)[C@H](O[C@@H]2O[C@H](CO)[C@@H](O)[C@H](O)[C@H]2O)[C@H]1O. The van der Waals surface area contributed by atoms with Crippen LogP contribution < -0.4 is 9.47 Å². The highest BCUT2D eigenvalue weighted by Crippen LogP contribution is 2.44. The summed E-state index contributed by atoms with van der Waals surface area (Å²) < 4.78 is 28.4. The Balaban J connectivity index is 1.38. The summed E-state index contributed by atoms with van der Waals surface area (Å²) in [5.74, 6) is -1.62.